The first-order valence-corrected chi connectivity index (χ1v) is 6.17. The van der Waals surface area contributed by atoms with Crippen LogP contribution in [0.2, 0.25) is 0 Å². The summed E-state index contributed by atoms with van der Waals surface area (Å²) in [4.78, 5) is 8.46. The minimum absolute atomic E-state index is 0.203. The minimum Gasteiger partial charge on any atom is -0.493 e. The van der Waals surface area contributed by atoms with Gasteiger partial charge in [0.25, 0.3) is 0 Å². The van der Waals surface area contributed by atoms with Gasteiger partial charge in [-0.15, -0.1) is 0 Å². The fourth-order valence-electron chi connectivity index (χ4n) is 1.66. The highest BCUT2D eigenvalue weighted by atomic mass is 16.5. The standard InChI is InChI=1S/C15H15N3O/c1-12(7-8-16)11-19-14-6-3-2-5-13(14)15-17-9-4-10-18-15/h2-6,9-10,12H,7,11H2,1H3. The summed E-state index contributed by atoms with van der Waals surface area (Å²) in [5.41, 5.74) is 0.868. The van der Waals surface area contributed by atoms with Crippen molar-refractivity contribution in [2.24, 2.45) is 5.92 Å². The molecular weight excluding hydrogens is 238 g/mol. The van der Waals surface area contributed by atoms with E-state index in [1.54, 1.807) is 18.5 Å². The van der Waals surface area contributed by atoms with E-state index in [0.29, 0.717) is 18.9 Å². The third-order valence-corrected chi connectivity index (χ3v) is 2.66. The quantitative estimate of drug-likeness (QED) is 0.821. The molecule has 2 aromatic rings. The number of para-hydroxylation sites is 1. The predicted molar refractivity (Wildman–Crippen MR) is 72.4 cm³/mol. The fraction of sp³-hybridized carbons (Fsp3) is 0.267. The van der Waals surface area contributed by atoms with Crippen molar-refractivity contribution >= 4 is 0 Å². The van der Waals surface area contributed by atoms with Crippen LogP contribution in [0.4, 0.5) is 0 Å². The van der Waals surface area contributed by atoms with Crippen LogP contribution in [0, 0.1) is 17.2 Å². The summed E-state index contributed by atoms with van der Waals surface area (Å²) in [5, 5.41) is 8.64. The first-order chi connectivity index (χ1) is 9.31. The van der Waals surface area contributed by atoms with Crippen molar-refractivity contribution < 1.29 is 4.74 Å². The molecule has 19 heavy (non-hydrogen) atoms. The van der Waals surface area contributed by atoms with Crippen molar-refractivity contribution in [2.45, 2.75) is 13.3 Å². The Morgan fingerprint density at radius 3 is 2.68 bits per heavy atom. The Hall–Kier alpha value is -2.41. The molecule has 1 aromatic heterocycles. The van der Waals surface area contributed by atoms with Crippen molar-refractivity contribution in [1.29, 1.82) is 5.26 Å². The third kappa shape index (κ3) is 3.52. The number of hydrogen-bond acceptors (Lipinski definition) is 4. The summed E-state index contributed by atoms with van der Waals surface area (Å²) in [6.45, 7) is 2.50. The Labute approximate surface area is 112 Å². The topological polar surface area (TPSA) is 58.8 Å². The predicted octanol–water partition coefficient (Wildman–Crippen LogP) is 3.07. The van der Waals surface area contributed by atoms with Crippen LogP contribution in [0.15, 0.2) is 42.7 Å². The molecule has 0 amide bonds. The lowest BCUT2D eigenvalue weighted by Crippen LogP contribution is -2.08. The summed E-state index contributed by atoms with van der Waals surface area (Å²) < 4.78 is 5.77. The third-order valence-electron chi connectivity index (χ3n) is 2.66. The van der Waals surface area contributed by atoms with E-state index in [4.69, 9.17) is 10.00 Å². The van der Waals surface area contributed by atoms with Crippen LogP contribution in [0.1, 0.15) is 13.3 Å². The van der Waals surface area contributed by atoms with E-state index in [1.165, 1.54) is 0 Å². The van der Waals surface area contributed by atoms with Gasteiger partial charge in [0.15, 0.2) is 5.82 Å². The van der Waals surface area contributed by atoms with E-state index in [9.17, 15) is 0 Å². The van der Waals surface area contributed by atoms with Gasteiger partial charge in [0, 0.05) is 24.7 Å². The second kappa shape index (κ2) is 6.50. The van der Waals surface area contributed by atoms with E-state index >= 15 is 0 Å². The Morgan fingerprint density at radius 1 is 1.21 bits per heavy atom. The Balaban J connectivity index is 2.16. The molecule has 0 fully saturated rings. The monoisotopic (exact) mass is 253 g/mol. The van der Waals surface area contributed by atoms with Gasteiger partial charge >= 0.3 is 0 Å². The highest BCUT2D eigenvalue weighted by Gasteiger charge is 2.09. The Bertz CT molecular complexity index is 563. The van der Waals surface area contributed by atoms with Crippen LogP contribution >= 0.6 is 0 Å². The van der Waals surface area contributed by atoms with Crippen molar-refractivity contribution in [3.8, 4) is 23.2 Å². The molecule has 0 radical (unpaired) electrons. The van der Waals surface area contributed by atoms with E-state index in [2.05, 4.69) is 16.0 Å². The van der Waals surface area contributed by atoms with Crippen LogP contribution in [0.25, 0.3) is 11.4 Å². The van der Waals surface area contributed by atoms with E-state index in [0.717, 1.165) is 11.3 Å². The van der Waals surface area contributed by atoms with Crippen molar-refractivity contribution in [1.82, 2.24) is 9.97 Å². The molecule has 0 saturated carbocycles. The first kappa shape index (κ1) is 13.0. The average molecular weight is 253 g/mol. The van der Waals surface area contributed by atoms with Crippen LogP contribution in [0.3, 0.4) is 0 Å². The van der Waals surface area contributed by atoms with Crippen LogP contribution in [-0.2, 0) is 0 Å². The largest absolute Gasteiger partial charge is 0.493 e. The zero-order valence-corrected chi connectivity index (χ0v) is 10.8. The molecule has 0 spiro atoms. The number of nitriles is 1. The van der Waals surface area contributed by atoms with Crippen molar-refractivity contribution in [3.05, 3.63) is 42.7 Å². The maximum absolute atomic E-state index is 8.64. The van der Waals surface area contributed by atoms with Crippen LogP contribution in [0.5, 0.6) is 5.75 Å². The lowest BCUT2D eigenvalue weighted by atomic mass is 10.1. The first-order valence-electron chi connectivity index (χ1n) is 6.17. The zero-order valence-electron chi connectivity index (χ0n) is 10.8. The lowest BCUT2D eigenvalue weighted by Gasteiger charge is -2.13. The van der Waals surface area contributed by atoms with E-state index < -0.39 is 0 Å². The van der Waals surface area contributed by atoms with Gasteiger partial charge in [-0.3, -0.25) is 0 Å². The summed E-state index contributed by atoms with van der Waals surface area (Å²) >= 11 is 0. The van der Waals surface area contributed by atoms with Crippen molar-refractivity contribution in [3.63, 3.8) is 0 Å². The maximum atomic E-state index is 8.64. The molecule has 4 heteroatoms. The van der Waals surface area contributed by atoms with Gasteiger partial charge in [-0.05, 0) is 18.2 Å². The highest BCUT2D eigenvalue weighted by Crippen LogP contribution is 2.27. The normalized spacial score (nSPS) is 11.6. The van der Waals surface area contributed by atoms with Gasteiger partial charge in [0.1, 0.15) is 5.75 Å². The van der Waals surface area contributed by atoms with Gasteiger partial charge in [0.2, 0.25) is 0 Å². The van der Waals surface area contributed by atoms with Gasteiger partial charge < -0.3 is 4.74 Å². The van der Waals surface area contributed by atoms with Gasteiger partial charge in [-0.25, -0.2) is 9.97 Å². The van der Waals surface area contributed by atoms with Crippen LogP contribution in [-0.4, -0.2) is 16.6 Å². The SMILES string of the molecule is CC(CC#N)COc1ccccc1-c1ncccn1. The molecule has 2 rings (SSSR count). The summed E-state index contributed by atoms with van der Waals surface area (Å²) in [6.07, 6.45) is 3.90. The van der Waals surface area contributed by atoms with E-state index in [1.807, 2.05) is 31.2 Å². The maximum Gasteiger partial charge on any atom is 0.162 e. The number of rotatable bonds is 5. The Kier molecular flexibility index (Phi) is 4.46. The summed E-state index contributed by atoms with van der Waals surface area (Å²) in [7, 11) is 0. The molecule has 1 unspecified atom stereocenters. The zero-order chi connectivity index (χ0) is 13.5. The van der Waals surface area contributed by atoms with Gasteiger partial charge in [-0.1, -0.05) is 19.1 Å². The number of aromatic nitrogens is 2. The molecule has 4 nitrogen and oxygen atoms in total. The van der Waals surface area contributed by atoms with Crippen molar-refractivity contribution in [2.75, 3.05) is 6.61 Å². The molecule has 1 atom stereocenters. The second-order valence-electron chi connectivity index (χ2n) is 4.35. The number of hydrogen-bond donors (Lipinski definition) is 0. The molecule has 0 bridgehead atoms. The van der Waals surface area contributed by atoms with Gasteiger partial charge in [0.05, 0.1) is 18.2 Å². The van der Waals surface area contributed by atoms with E-state index in [-0.39, 0.29) is 5.92 Å². The van der Waals surface area contributed by atoms with Crippen LogP contribution < -0.4 is 4.74 Å². The molecule has 96 valence electrons. The number of benzene rings is 1. The molecule has 0 saturated heterocycles. The molecule has 0 aliphatic heterocycles. The molecule has 0 aliphatic carbocycles. The number of nitrogens with zero attached hydrogens (tertiary/aromatic N) is 3. The summed E-state index contributed by atoms with van der Waals surface area (Å²) in [5.74, 6) is 1.60. The molecule has 1 heterocycles. The average Bonchev–Trinajstić information content (AvgIpc) is 2.47. The molecular formula is C15H15N3O. The Morgan fingerprint density at radius 2 is 1.95 bits per heavy atom. The molecule has 0 aliphatic rings. The highest BCUT2D eigenvalue weighted by molar-refractivity contribution is 5.63. The van der Waals surface area contributed by atoms with Gasteiger partial charge in [-0.2, -0.15) is 5.26 Å². The minimum atomic E-state index is 0.203. The fourth-order valence-corrected chi connectivity index (χ4v) is 1.66. The molecule has 1 aromatic carbocycles. The number of ether oxygens (including phenoxy) is 1. The second-order valence-corrected chi connectivity index (χ2v) is 4.35. The molecule has 0 N–H and O–H groups in total. The lowest BCUT2D eigenvalue weighted by molar-refractivity contribution is 0.263. The smallest absolute Gasteiger partial charge is 0.162 e. The summed E-state index contributed by atoms with van der Waals surface area (Å²) in [6, 6.07) is 11.6.